The molecule has 0 unspecified atom stereocenters. The molecule has 0 spiro atoms. The Morgan fingerprint density at radius 2 is 1.86 bits per heavy atom. The number of ether oxygens (including phenoxy) is 1. The van der Waals surface area contributed by atoms with Crippen LogP contribution in [0.2, 0.25) is 0 Å². The van der Waals surface area contributed by atoms with E-state index in [1.165, 1.54) is 24.0 Å². The van der Waals surface area contributed by atoms with Crippen LogP contribution < -0.4 is 10.5 Å². The second kappa shape index (κ2) is 6.16. The Bertz CT molecular complexity index is 672. The largest absolute Gasteiger partial charge is 0.454 e. The molecule has 110 valence electrons. The number of rotatable bonds is 3. The van der Waals surface area contributed by atoms with Crippen LogP contribution in [0, 0.1) is 5.82 Å². The van der Waals surface area contributed by atoms with E-state index >= 15 is 0 Å². The van der Waals surface area contributed by atoms with Crippen LogP contribution in [0.15, 0.2) is 34.8 Å². The summed E-state index contributed by atoms with van der Waals surface area (Å²) in [6, 6.07) is 9.43. The van der Waals surface area contributed by atoms with Crippen molar-refractivity contribution in [3.8, 4) is 11.5 Å². The lowest BCUT2D eigenvalue weighted by atomic mass is 9.92. The Morgan fingerprint density at radius 1 is 1.10 bits per heavy atom. The molecule has 0 fully saturated rings. The molecule has 2 aromatic rings. The lowest BCUT2D eigenvalue weighted by Gasteiger charge is -2.17. The Morgan fingerprint density at radius 3 is 2.62 bits per heavy atom. The smallest absolute Gasteiger partial charge is 0.180 e. The van der Waals surface area contributed by atoms with E-state index in [2.05, 4.69) is 22.0 Å². The lowest BCUT2D eigenvalue weighted by molar-refractivity contribution is 0.438. The van der Waals surface area contributed by atoms with Crippen molar-refractivity contribution >= 4 is 15.9 Å². The zero-order valence-electron chi connectivity index (χ0n) is 11.7. The Hall–Kier alpha value is -1.39. The Kier molecular flexibility index (Phi) is 4.27. The van der Waals surface area contributed by atoms with E-state index in [1.54, 1.807) is 12.1 Å². The van der Waals surface area contributed by atoms with Gasteiger partial charge < -0.3 is 10.5 Å². The highest BCUT2D eigenvalue weighted by Crippen LogP contribution is 2.33. The topological polar surface area (TPSA) is 35.2 Å². The molecule has 2 aromatic carbocycles. The molecule has 0 bridgehead atoms. The molecule has 0 radical (unpaired) electrons. The molecule has 21 heavy (non-hydrogen) atoms. The molecule has 2 N–H and O–H groups in total. The summed E-state index contributed by atoms with van der Waals surface area (Å²) in [6.07, 6.45) is 4.66. The maximum Gasteiger partial charge on any atom is 0.180 e. The van der Waals surface area contributed by atoms with Crippen molar-refractivity contribution in [3.63, 3.8) is 0 Å². The van der Waals surface area contributed by atoms with E-state index in [4.69, 9.17) is 10.5 Å². The van der Waals surface area contributed by atoms with Gasteiger partial charge in [0.15, 0.2) is 11.6 Å². The van der Waals surface area contributed by atoms with Crippen LogP contribution in [0.5, 0.6) is 11.5 Å². The van der Waals surface area contributed by atoms with Gasteiger partial charge in [-0.2, -0.15) is 0 Å². The predicted octanol–water partition coefficient (Wildman–Crippen LogP) is 4.72. The third-order valence-corrected chi connectivity index (χ3v) is 4.75. The summed E-state index contributed by atoms with van der Waals surface area (Å²) in [5.41, 5.74) is 8.99. The number of halogens is 2. The first-order valence-electron chi connectivity index (χ1n) is 7.15. The van der Waals surface area contributed by atoms with Crippen LogP contribution >= 0.6 is 15.9 Å². The fourth-order valence-electron chi connectivity index (χ4n) is 2.71. The summed E-state index contributed by atoms with van der Waals surface area (Å²) >= 11 is 3.23. The predicted molar refractivity (Wildman–Crippen MR) is 85.1 cm³/mol. The molecule has 0 aromatic heterocycles. The standard InChI is InChI=1S/C17H17BrFNO/c18-16-13(10-20)6-8-15(17(16)19)21-14-7-5-11-3-1-2-4-12(11)9-14/h5-9H,1-4,10,20H2. The van der Waals surface area contributed by atoms with Gasteiger partial charge >= 0.3 is 0 Å². The molecule has 0 atom stereocenters. The van der Waals surface area contributed by atoms with E-state index in [0.717, 1.165) is 18.4 Å². The van der Waals surface area contributed by atoms with Crippen LogP contribution in [-0.4, -0.2) is 0 Å². The highest BCUT2D eigenvalue weighted by atomic mass is 79.9. The van der Waals surface area contributed by atoms with Gasteiger partial charge in [-0.15, -0.1) is 0 Å². The van der Waals surface area contributed by atoms with Crippen molar-refractivity contribution in [2.24, 2.45) is 5.73 Å². The van der Waals surface area contributed by atoms with Crippen molar-refractivity contribution in [1.29, 1.82) is 0 Å². The van der Waals surface area contributed by atoms with Gasteiger partial charge in [-0.05, 0) is 76.5 Å². The molecule has 0 heterocycles. The second-order valence-electron chi connectivity index (χ2n) is 5.29. The highest BCUT2D eigenvalue weighted by Gasteiger charge is 2.14. The van der Waals surface area contributed by atoms with Gasteiger partial charge in [-0.25, -0.2) is 4.39 Å². The van der Waals surface area contributed by atoms with E-state index in [1.807, 2.05) is 12.1 Å². The van der Waals surface area contributed by atoms with Crippen molar-refractivity contribution in [2.45, 2.75) is 32.2 Å². The number of nitrogens with two attached hydrogens (primary N) is 1. The Balaban J connectivity index is 1.88. The van der Waals surface area contributed by atoms with Gasteiger partial charge in [-0.3, -0.25) is 0 Å². The molecule has 0 amide bonds. The van der Waals surface area contributed by atoms with Crippen molar-refractivity contribution in [1.82, 2.24) is 0 Å². The average molecular weight is 350 g/mol. The summed E-state index contributed by atoms with van der Waals surface area (Å²) < 4.78 is 20.3. The summed E-state index contributed by atoms with van der Waals surface area (Å²) in [4.78, 5) is 0. The number of fused-ring (bicyclic) bond motifs is 1. The number of hydrogen-bond donors (Lipinski definition) is 1. The van der Waals surface area contributed by atoms with E-state index in [9.17, 15) is 4.39 Å². The van der Waals surface area contributed by atoms with Gasteiger partial charge in [0.25, 0.3) is 0 Å². The van der Waals surface area contributed by atoms with Crippen molar-refractivity contribution in [2.75, 3.05) is 0 Å². The van der Waals surface area contributed by atoms with Gasteiger partial charge in [-0.1, -0.05) is 12.1 Å². The maximum atomic E-state index is 14.2. The minimum atomic E-state index is -0.407. The zero-order chi connectivity index (χ0) is 14.8. The fraction of sp³-hybridized carbons (Fsp3) is 0.294. The van der Waals surface area contributed by atoms with E-state index in [0.29, 0.717) is 10.2 Å². The maximum absolute atomic E-state index is 14.2. The molecule has 0 aliphatic heterocycles. The second-order valence-corrected chi connectivity index (χ2v) is 6.09. The average Bonchev–Trinajstić information content (AvgIpc) is 2.52. The molecule has 1 aliphatic rings. The highest BCUT2D eigenvalue weighted by molar-refractivity contribution is 9.10. The van der Waals surface area contributed by atoms with Crippen molar-refractivity contribution in [3.05, 3.63) is 57.3 Å². The van der Waals surface area contributed by atoms with Crippen molar-refractivity contribution < 1.29 is 9.13 Å². The fourth-order valence-corrected chi connectivity index (χ4v) is 3.20. The normalized spacial score (nSPS) is 13.9. The SMILES string of the molecule is NCc1ccc(Oc2ccc3c(c2)CCCC3)c(F)c1Br. The number of benzene rings is 2. The minimum absolute atomic E-state index is 0.217. The molecule has 3 rings (SSSR count). The minimum Gasteiger partial charge on any atom is -0.454 e. The number of aryl methyl sites for hydroxylation is 2. The van der Waals surface area contributed by atoms with Crippen LogP contribution in [0.25, 0.3) is 0 Å². The Labute approximate surface area is 132 Å². The first-order chi connectivity index (χ1) is 10.2. The molecule has 2 nitrogen and oxygen atoms in total. The molecule has 0 saturated heterocycles. The third kappa shape index (κ3) is 2.97. The van der Waals surface area contributed by atoms with Crippen LogP contribution in [-0.2, 0) is 19.4 Å². The summed E-state index contributed by atoms with van der Waals surface area (Å²) in [5, 5.41) is 0. The van der Waals surface area contributed by atoms with Crippen LogP contribution in [0.1, 0.15) is 29.5 Å². The lowest BCUT2D eigenvalue weighted by Crippen LogP contribution is -2.03. The van der Waals surface area contributed by atoms with Crippen LogP contribution in [0.4, 0.5) is 4.39 Å². The van der Waals surface area contributed by atoms with Gasteiger partial charge in [0.1, 0.15) is 5.75 Å². The zero-order valence-corrected chi connectivity index (χ0v) is 13.2. The third-order valence-electron chi connectivity index (χ3n) is 3.89. The molecule has 0 saturated carbocycles. The molecule has 4 heteroatoms. The van der Waals surface area contributed by atoms with E-state index < -0.39 is 5.82 Å². The van der Waals surface area contributed by atoms with E-state index in [-0.39, 0.29) is 12.3 Å². The van der Waals surface area contributed by atoms with Gasteiger partial charge in [0, 0.05) is 6.54 Å². The first-order valence-corrected chi connectivity index (χ1v) is 7.95. The van der Waals surface area contributed by atoms with Gasteiger partial charge in [0.2, 0.25) is 0 Å². The summed E-state index contributed by atoms with van der Waals surface area (Å²) in [5.74, 6) is 0.493. The monoisotopic (exact) mass is 349 g/mol. The quantitative estimate of drug-likeness (QED) is 0.870. The number of hydrogen-bond acceptors (Lipinski definition) is 2. The first kappa shape index (κ1) is 14.5. The van der Waals surface area contributed by atoms with Crippen LogP contribution in [0.3, 0.4) is 0 Å². The van der Waals surface area contributed by atoms with Gasteiger partial charge in [0.05, 0.1) is 4.47 Å². The summed E-state index contributed by atoms with van der Waals surface area (Å²) in [7, 11) is 0. The molecular formula is C17H17BrFNO. The molecular weight excluding hydrogens is 333 g/mol. The summed E-state index contributed by atoms with van der Waals surface area (Å²) in [6.45, 7) is 0.288. The molecule has 1 aliphatic carbocycles.